The lowest BCUT2D eigenvalue weighted by atomic mass is 10.1. The maximum absolute atomic E-state index is 5.72. The van der Waals surface area contributed by atoms with Crippen molar-refractivity contribution in [3.8, 4) is 5.75 Å². The highest BCUT2D eigenvalue weighted by molar-refractivity contribution is 5.27. The van der Waals surface area contributed by atoms with Crippen molar-refractivity contribution in [1.82, 2.24) is 10.6 Å². The Hall–Kier alpha value is -1.10. The van der Waals surface area contributed by atoms with Crippen molar-refractivity contribution in [2.24, 2.45) is 0 Å². The Balaban J connectivity index is 1.58. The maximum atomic E-state index is 5.72. The third-order valence-electron chi connectivity index (χ3n) is 3.49. The monoisotopic (exact) mass is 278 g/mol. The molecular weight excluding hydrogens is 252 g/mol. The molecule has 1 heterocycles. The molecule has 1 aromatic rings. The molecule has 4 nitrogen and oxygen atoms in total. The van der Waals surface area contributed by atoms with Gasteiger partial charge in [0, 0.05) is 25.2 Å². The van der Waals surface area contributed by atoms with Crippen LogP contribution in [0.2, 0.25) is 0 Å². The summed E-state index contributed by atoms with van der Waals surface area (Å²) in [5, 5.41) is 6.97. The number of rotatable bonds is 7. The van der Waals surface area contributed by atoms with Gasteiger partial charge in [0.25, 0.3) is 0 Å². The van der Waals surface area contributed by atoms with E-state index in [1.807, 2.05) is 12.1 Å². The normalized spacial score (nSPS) is 20.6. The van der Waals surface area contributed by atoms with Crippen LogP contribution in [0.3, 0.4) is 0 Å². The molecule has 0 aromatic heterocycles. The van der Waals surface area contributed by atoms with Crippen LogP contribution in [-0.2, 0) is 4.74 Å². The molecule has 20 heavy (non-hydrogen) atoms. The van der Waals surface area contributed by atoms with Gasteiger partial charge in [-0.25, -0.2) is 0 Å². The minimum Gasteiger partial charge on any atom is -0.492 e. The Kier molecular flexibility index (Phi) is 6.30. The zero-order chi connectivity index (χ0) is 14.2. The minimum atomic E-state index is 0.468. The smallest absolute Gasteiger partial charge is 0.119 e. The van der Waals surface area contributed by atoms with E-state index in [0.29, 0.717) is 18.7 Å². The first-order chi connectivity index (χ1) is 9.74. The largest absolute Gasteiger partial charge is 0.492 e. The van der Waals surface area contributed by atoms with Crippen molar-refractivity contribution in [2.75, 3.05) is 32.9 Å². The fourth-order valence-corrected chi connectivity index (χ4v) is 2.46. The summed E-state index contributed by atoms with van der Waals surface area (Å²) >= 11 is 0. The third kappa shape index (κ3) is 5.49. The van der Waals surface area contributed by atoms with Crippen LogP contribution >= 0.6 is 0 Å². The number of hydrogen-bond donors (Lipinski definition) is 2. The van der Waals surface area contributed by atoms with E-state index in [2.05, 4.69) is 36.6 Å². The molecule has 1 aliphatic rings. The Morgan fingerprint density at radius 3 is 3.15 bits per heavy atom. The van der Waals surface area contributed by atoms with Crippen molar-refractivity contribution in [1.29, 1.82) is 0 Å². The average Bonchev–Trinajstić information content (AvgIpc) is 2.45. The Bertz CT molecular complexity index is 392. The standard InChI is InChI=1S/C16H26N2O2/c1-13-4-3-5-16(10-13)20-9-7-17-14(2)11-15-12-19-8-6-18-15/h3-5,10,14-15,17-18H,6-9,11-12H2,1-2H3. The van der Waals surface area contributed by atoms with Crippen LogP contribution in [0.25, 0.3) is 0 Å². The van der Waals surface area contributed by atoms with E-state index in [9.17, 15) is 0 Å². The summed E-state index contributed by atoms with van der Waals surface area (Å²) in [4.78, 5) is 0. The van der Waals surface area contributed by atoms with E-state index in [1.165, 1.54) is 5.56 Å². The number of hydrogen-bond acceptors (Lipinski definition) is 4. The van der Waals surface area contributed by atoms with Gasteiger partial charge in [-0.15, -0.1) is 0 Å². The lowest BCUT2D eigenvalue weighted by Gasteiger charge is -2.26. The van der Waals surface area contributed by atoms with Gasteiger partial charge in [0.05, 0.1) is 13.2 Å². The highest BCUT2D eigenvalue weighted by atomic mass is 16.5. The number of morpholine rings is 1. The van der Waals surface area contributed by atoms with E-state index in [0.717, 1.165) is 38.5 Å². The van der Waals surface area contributed by atoms with Gasteiger partial charge in [-0.3, -0.25) is 0 Å². The molecule has 2 atom stereocenters. The first-order valence-corrected chi connectivity index (χ1v) is 7.48. The van der Waals surface area contributed by atoms with E-state index in [-0.39, 0.29) is 0 Å². The van der Waals surface area contributed by atoms with Gasteiger partial charge in [-0.2, -0.15) is 0 Å². The van der Waals surface area contributed by atoms with E-state index in [1.54, 1.807) is 0 Å². The average molecular weight is 278 g/mol. The predicted octanol–water partition coefficient (Wildman–Crippen LogP) is 1.73. The minimum absolute atomic E-state index is 0.468. The van der Waals surface area contributed by atoms with Gasteiger partial charge in [0.2, 0.25) is 0 Å². The molecule has 4 heteroatoms. The molecule has 0 saturated carbocycles. The molecule has 2 N–H and O–H groups in total. The molecule has 112 valence electrons. The van der Waals surface area contributed by atoms with Crippen molar-refractivity contribution in [2.45, 2.75) is 32.4 Å². The first-order valence-electron chi connectivity index (χ1n) is 7.48. The summed E-state index contributed by atoms with van der Waals surface area (Å²) in [6.07, 6.45) is 1.09. The number of nitrogens with one attached hydrogen (secondary N) is 2. The molecular formula is C16H26N2O2. The van der Waals surface area contributed by atoms with E-state index < -0.39 is 0 Å². The molecule has 2 rings (SSSR count). The molecule has 0 radical (unpaired) electrons. The van der Waals surface area contributed by atoms with Crippen molar-refractivity contribution >= 4 is 0 Å². The highest BCUT2D eigenvalue weighted by Crippen LogP contribution is 2.11. The summed E-state index contributed by atoms with van der Waals surface area (Å²) in [5.74, 6) is 0.946. The van der Waals surface area contributed by atoms with Crippen LogP contribution < -0.4 is 15.4 Å². The maximum Gasteiger partial charge on any atom is 0.119 e. The summed E-state index contributed by atoms with van der Waals surface area (Å²) < 4.78 is 11.2. The predicted molar refractivity (Wildman–Crippen MR) is 81.4 cm³/mol. The number of benzene rings is 1. The van der Waals surface area contributed by atoms with Crippen molar-refractivity contribution < 1.29 is 9.47 Å². The van der Waals surface area contributed by atoms with E-state index >= 15 is 0 Å². The molecule has 1 aliphatic heterocycles. The highest BCUT2D eigenvalue weighted by Gasteiger charge is 2.15. The van der Waals surface area contributed by atoms with Crippen molar-refractivity contribution in [3.63, 3.8) is 0 Å². The van der Waals surface area contributed by atoms with Gasteiger partial charge in [0.1, 0.15) is 12.4 Å². The fraction of sp³-hybridized carbons (Fsp3) is 0.625. The molecule has 2 unspecified atom stereocenters. The van der Waals surface area contributed by atoms with Gasteiger partial charge in [-0.05, 0) is 38.0 Å². The SMILES string of the molecule is Cc1cccc(OCCNC(C)CC2COCCN2)c1. The van der Waals surface area contributed by atoms with Gasteiger partial charge in [-0.1, -0.05) is 12.1 Å². The van der Waals surface area contributed by atoms with Crippen LogP contribution in [-0.4, -0.2) is 45.0 Å². The lowest BCUT2D eigenvalue weighted by Crippen LogP contribution is -2.45. The fourth-order valence-electron chi connectivity index (χ4n) is 2.46. The number of ether oxygens (including phenoxy) is 2. The molecule has 1 fully saturated rings. The second-order valence-electron chi connectivity index (χ2n) is 5.48. The van der Waals surface area contributed by atoms with Gasteiger partial charge < -0.3 is 20.1 Å². The van der Waals surface area contributed by atoms with Crippen LogP contribution in [0, 0.1) is 6.92 Å². The number of aryl methyl sites for hydroxylation is 1. The van der Waals surface area contributed by atoms with Crippen LogP contribution in [0.4, 0.5) is 0 Å². The van der Waals surface area contributed by atoms with E-state index in [4.69, 9.17) is 9.47 Å². The molecule has 0 amide bonds. The molecule has 0 spiro atoms. The second-order valence-corrected chi connectivity index (χ2v) is 5.48. The second kappa shape index (κ2) is 8.25. The van der Waals surface area contributed by atoms with Gasteiger partial charge in [0.15, 0.2) is 0 Å². The van der Waals surface area contributed by atoms with Crippen LogP contribution in [0.5, 0.6) is 5.75 Å². The quantitative estimate of drug-likeness (QED) is 0.746. The molecule has 1 saturated heterocycles. The summed E-state index contributed by atoms with van der Waals surface area (Å²) in [6.45, 7) is 8.47. The van der Waals surface area contributed by atoms with Gasteiger partial charge >= 0.3 is 0 Å². The Morgan fingerprint density at radius 1 is 1.50 bits per heavy atom. The third-order valence-corrected chi connectivity index (χ3v) is 3.49. The summed E-state index contributed by atoms with van der Waals surface area (Å²) in [5.41, 5.74) is 1.23. The summed E-state index contributed by atoms with van der Waals surface area (Å²) in [6, 6.07) is 9.10. The van der Waals surface area contributed by atoms with Crippen LogP contribution in [0.1, 0.15) is 18.9 Å². The van der Waals surface area contributed by atoms with Crippen LogP contribution in [0.15, 0.2) is 24.3 Å². The Morgan fingerprint density at radius 2 is 2.40 bits per heavy atom. The summed E-state index contributed by atoms with van der Waals surface area (Å²) in [7, 11) is 0. The zero-order valence-electron chi connectivity index (χ0n) is 12.5. The molecule has 0 aliphatic carbocycles. The Labute approximate surface area is 121 Å². The topological polar surface area (TPSA) is 42.5 Å². The first kappa shape index (κ1) is 15.3. The van der Waals surface area contributed by atoms with Crippen molar-refractivity contribution in [3.05, 3.63) is 29.8 Å². The molecule has 1 aromatic carbocycles. The molecule has 0 bridgehead atoms. The zero-order valence-corrected chi connectivity index (χ0v) is 12.5. The lowest BCUT2D eigenvalue weighted by molar-refractivity contribution is 0.0711.